The molecule has 0 saturated carbocycles. The van der Waals surface area contributed by atoms with E-state index in [0.717, 1.165) is 18.1 Å². The summed E-state index contributed by atoms with van der Waals surface area (Å²) in [5, 5.41) is 6.39. The van der Waals surface area contributed by atoms with Crippen LogP contribution in [-0.2, 0) is 4.79 Å². The maximum atomic E-state index is 12.2. The van der Waals surface area contributed by atoms with Gasteiger partial charge in [-0.3, -0.25) is 4.79 Å². The lowest BCUT2D eigenvalue weighted by Crippen LogP contribution is -2.49. The van der Waals surface area contributed by atoms with Crippen LogP contribution < -0.4 is 10.6 Å². The third-order valence-corrected chi connectivity index (χ3v) is 4.56. The fourth-order valence-corrected chi connectivity index (χ4v) is 3.29. The fraction of sp³-hybridized carbons (Fsp3) is 0.533. The number of hydrogen-bond donors (Lipinski definition) is 2. The Morgan fingerprint density at radius 1 is 1.47 bits per heavy atom. The summed E-state index contributed by atoms with van der Waals surface area (Å²) in [6.45, 7) is 7.14. The van der Waals surface area contributed by atoms with E-state index >= 15 is 0 Å². The second kappa shape index (κ2) is 6.44. The molecular formula is C15H22N2OS. The Bertz CT molecular complexity index is 455. The van der Waals surface area contributed by atoms with Gasteiger partial charge in [-0.2, -0.15) is 11.8 Å². The molecule has 1 saturated heterocycles. The highest BCUT2D eigenvalue weighted by Gasteiger charge is 2.22. The Kier molecular flexibility index (Phi) is 4.88. The summed E-state index contributed by atoms with van der Waals surface area (Å²) in [6, 6.07) is 6.38. The normalized spacial score (nSPS) is 20.9. The number of amides is 1. The maximum Gasteiger partial charge on any atom is 0.238 e. The molecule has 0 aromatic heterocycles. The largest absolute Gasteiger partial charge is 0.348 e. The lowest BCUT2D eigenvalue weighted by Gasteiger charge is -2.25. The molecule has 1 aliphatic rings. The summed E-state index contributed by atoms with van der Waals surface area (Å²) >= 11 is 1.84. The second-order valence-electron chi connectivity index (χ2n) is 5.17. The summed E-state index contributed by atoms with van der Waals surface area (Å²) in [5.41, 5.74) is 3.66. The van der Waals surface area contributed by atoms with E-state index in [1.54, 1.807) is 0 Å². The minimum atomic E-state index is -0.0497. The molecule has 1 fully saturated rings. The van der Waals surface area contributed by atoms with E-state index < -0.39 is 0 Å². The maximum absolute atomic E-state index is 12.2. The molecule has 0 aliphatic carbocycles. The molecule has 4 heteroatoms. The van der Waals surface area contributed by atoms with Crippen molar-refractivity contribution in [1.29, 1.82) is 0 Å². The van der Waals surface area contributed by atoms with Gasteiger partial charge in [0.25, 0.3) is 0 Å². The van der Waals surface area contributed by atoms with Crippen molar-refractivity contribution in [3.05, 3.63) is 34.9 Å². The molecule has 2 rings (SSSR count). The molecule has 3 nitrogen and oxygen atoms in total. The summed E-state index contributed by atoms with van der Waals surface area (Å²) in [6.07, 6.45) is 0. The SMILES string of the molecule is Cc1ccc(C)c(C(C)NC(=O)C2CSCCN2)c1. The van der Waals surface area contributed by atoms with Crippen LogP contribution in [0.15, 0.2) is 18.2 Å². The number of thioether (sulfide) groups is 1. The lowest BCUT2D eigenvalue weighted by atomic mass is 10.00. The monoisotopic (exact) mass is 278 g/mol. The van der Waals surface area contributed by atoms with Crippen molar-refractivity contribution >= 4 is 17.7 Å². The van der Waals surface area contributed by atoms with Gasteiger partial charge >= 0.3 is 0 Å². The van der Waals surface area contributed by atoms with Gasteiger partial charge in [0.15, 0.2) is 0 Å². The number of rotatable bonds is 3. The van der Waals surface area contributed by atoms with Gasteiger partial charge in [0.2, 0.25) is 5.91 Å². The van der Waals surface area contributed by atoms with E-state index in [-0.39, 0.29) is 18.0 Å². The van der Waals surface area contributed by atoms with Crippen molar-refractivity contribution < 1.29 is 4.79 Å². The molecule has 19 heavy (non-hydrogen) atoms. The topological polar surface area (TPSA) is 41.1 Å². The Hall–Kier alpha value is -1.00. The molecule has 1 heterocycles. The zero-order valence-electron chi connectivity index (χ0n) is 11.8. The van der Waals surface area contributed by atoms with Crippen LogP contribution in [-0.4, -0.2) is 30.0 Å². The minimum Gasteiger partial charge on any atom is -0.348 e. The van der Waals surface area contributed by atoms with E-state index in [0.29, 0.717) is 0 Å². The predicted molar refractivity (Wildman–Crippen MR) is 81.6 cm³/mol. The van der Waals surface area contributed by atoms with Crippen molar-refractivity contribution in [2.45, 2.75) is 32.9 Å². The van der Waals surface area contributed by atoms with E-state index in [1.165, 1.54) is 16.7 Å². The van der Waals surface area contributed by atoms with E-state index in [4.69, 9.17) is 0 Å². The van der Waals surface area contributed by atoms with E-state index in [2.05, 4.69) is 49.6 Å². The molecule has 1 aromatic carbocycles. The summed E-state index contributed by atoms with van der Waals surface area (Å²) in [5.74, 6) is 2.07. The molecule has 0 bridgehead atoms. The first-order valence-corrected chi connectivity index (χ1v) is 7.92. The van der Waals surface area contributed by atoms with Gasteiger partial charge in [0.05, 0.1) is 12.1 Å². The standard InChI is InChI=1S/C15H22N2OS/c1-10-4-5-11(2)13(8-10)12(3)17-15(18)14-9-19-7-6-16-14/h4-5,8,12,14,16H,6-7,9H2,1-3H3,(H,17,18). The Labute approximate surface area is 119 Å². The van der Waals surface area contributed by atoms with Crippen LogP contribution in [0, 0.1) is 13.8 Å². The zero-order valence-corrected chi connectivity index (χ0v) is 12.6. The number of carbonyl (C=O) groups is 1. The van der Waals surface area contributed by atoms with Crippen LogP contribution in [0.25, 0.3) is 0 Å². The number of carbonyl (C=O) groups excluding carboxylic acids is 1. The van der Waals surface area contributed by atoms with Crippen molar-refractivity contribution in [3.8, 4) is 0 Å². The molecule has 1 amide bonds. The van der Waals surface area contributed by atoms with Gasteiger partial charge < -0.3 is 10.6 Å². The predicted octanol–water partition coefficient (Wildman–Crippen LogP) is 2.19. The van der Waals surface area contributed by atoms with E-state index in [9.17, 15) is 4.79 Å². The van der Waals surface area contributed by atoms with Gasteiger partial charge in [0.1, 0.15) is 0 Å². The summed E-state index contributed by atoms with van der Waals surface area (Å²) < 4.78 is 0. The number of aryl methyl sites for hydroxylation is 2. The van der Waals surface area contributed by atoms with Gasteiger partial charge in [0, 0.05) is 18.1 Å². The van der Waals surface area contributed by atoms with Crippen molar-refractivity contribution in [3.63, 3.8) is 0 Å². The van der Waals surface area contributed by atoms with Crippen LogP contribution in [0.2, 0.25) is 0 Å². The summed E-state index contributed by atoms with van der Waals surface area (Å²) in [7, 11) is 0. The fourth-order valence-electron chi connectivity index (χ4n) is 2.35. The first kappa shape index (κ1) is 14.4. The molecule has 0 radical (unpaired) electrons. The Morgan fingerprint density at radius 2 is 2.26 bits per heavy atom. The Balaban J connectivity index is 2.01. The van der Waals surface area contributed by atoms with Crippen LogP contribution in [0.5, 0.6) is 0 Å². The quantitative estimate of drug-likeness (QED) is 0.890. The molecule has 2 unspecified atom stereocenters. The average Bonchev–Trinajstić information content (AvgIpc) is 2.42. The highest BCUT2D eigenvalue weighted by molar-refractivity contribution is 7.99. The number of nitrogens with one attached hydrogen (secondary N) is 2. The van der Waals surface area contributed by atoms with Gasteiger partial charge in [-0.15, -0.1) is 0 Å². The van der Waals surface area contributed by atoms with Crippen molar-refractivity contribution in [1.82, 2.24) is 10.6 Å². The van der Waals surface area contributed by atoms with Crippen LogP contribution >= 0.6 is 11.8 Å². The summed E-state index contributed by atoms with van der Waals surface area (Å²) in [4.78, 5) is 12.2. The highest BCUT2D eigenvalue weighted by Crippen LogP contribution is 2.19. The third kappa shape index (κ3) is 3.74. The van der Waals surface area contributed by atoms with Gasteiger partial charge in [-0.25, -0.2) is 0 Å². The molecule has 1 aliphatic heterocycles. The molecule has 2 atom stereocenters. The first-order chi connectivity index (χ1) is 9.08. The van der Waals surface area contributed by atoms with Crippen LogP contribution in [0.1, 0.15) is 29.7 Å². The average molecular weight is 278 g/mol. The van der Waals surface area contributed by atoms with Crippen molar-refractivity contribution in [2.75, 3.05) is 18.1 Å². The first-order valence-electron chi connectivity index (χ1n) is 6.76. The molecular weight excluding hydrogens is 256 g/mol. The smallest absolute Gasteiger partial charge is 0.238 e. The minimum absolute atomic E-state index is 0.0497. The van der Waals surface area contributed by atoms with Crippen LogP contribution in [0.4, 0.5) is 0 Å². The molecule has 2 N–H and O–H groups in total. The zero-order chi connectivity index (χ0) is 13.8. The molecule has 104 valence electrons. The second-order valence-corrected chi connectivity index (χ2v) is 6.32. The lowest BCUT2D eigenvalue weighted by molar-refractivity contribution is -0.123. The molecule has 1 aromatic rings. The highest BCUT2D eigenvalue weighted by atomic mass is 32.2. The molecule has 0 spiro atoms. The van der Waals surface area contributed by atoms with Gasteiger partial charge in [-0.05, 0) is 31.9 Å². The number of hydrogen-bond acceptors (Lipinski definition) is 3. The Morgan fingerprint density at radius 3 is 2.95 bits per heavy atom. The van der Waals surface area contributed by atoms with E-state index in [1.807, 2.05) is 11.8 Å². The van der Waals surface area contributed by atoms with Gasteiger partial charge in [-0.1, -0.05) is 23.8 Å². The van der Waals surface area contributed by atoms with Crippen molar-refractivity contribution in [2.24, 2.45) is 0 Å². The number of benzene rings is 1. The third-order valence-electron chi connectivity index (χ3n) is 3.50. The van der Waals surface area contributed by atoms with Crippen LogP contribution in [0.3, 0.4) is 0 Å².